The Labute approximate surface area is 196 Å². The molecule has 0 aliphatic carbocycles. The van der Waals surface area contributed by atoms with Crippen molar-refractivity contribution in [2.24, 2.45) is 0 Å². The Morgan fingerprint density at radius 1 is 1.06 bits per heavy atom. The number of hydrogen-bond donors (Lipinski definition) is 0. The SMILES string of the molecule is COc1ccccc1N1CCN(C(=O)Cn2cnc3onc(-c4ccc(C)cc4)c3c2=O)CC1. The number of nitrogens with zero attached hydrogens (tertiary/aromatic N) is 5. The molecular formula is C25H25N5O4. The summed E-state index contributed by atoms with van der Waals surface area (Å²) in [4.78, 5) is 34.4. The van der Waals surface area contributed by atoms with Gasteiger partial charge in [0.15, 0.2) is 0 Å². The maximum atomic E-state index is 13.2. The Bertz CT molecular complexity index is 1380. The number of aromatic nitrogens is 3. The van der Waals surface area contributed by atoms with E-state index in [2.05, 4.69) is 15.0 Å². The second-order valence-electron chi connectivity index (χ2n) is 8.29. The van der Waals surface area contributed by atoms with E-state index in [1.54, 1.807) is 12.0 Å². The number of rotatable bonds is 5. The van der Waals surface area contributed by atoms with Crippen LogP contribution in [0, 0.1) is 6.92 Å². The Morgan fingerprint density at radius 3 is 2.53 bits per heavy atom. The molecule has 1 amide bonds. The molecule has 0 spiro atoms. The lowest BCUT2D eigenvalue weighted by atomic mass is 10.1. The molecule has 9 nitrogen and oxygen atoms in total. The number of fused-ring (bicyclic) bond motifs is 1. The van der Waals surface area contributed by atoms with Gasteiger partial charge in [-0.3, -0.25) is 14.2 Å². The van der Waals surface area contributed by atoms with E-state index in [9.17, 15) is 9.59 Å². The molecule has 0 saturated carbocycles. The summed E-state index contributed by atoms with van der Waals surface area (Å²) in [6.07, 6.45) is 1.34. The number of ether oxygens (including phenoxy) is 1. The van der Waals surface area contributed by atoms with E-state index >= 15 is 0 Å². The molecule has 1 saturated heterocycles. The first kappa shape index (κ1) is 21.7. The maximum absolute atomic E-state index is 13.2. The first-order valence-electron chi connectivity index (χ1n) is 11.1. The number of hydrogen-bond acceptors (Lipinski definition) is 7. The van der Waals surface area contributed by atoms with Gasteiger partial charge in [0.25, 0.3) is 11.3 Å². The lowest BCUT2D eigenvalue weighted by molar-refractivity contribution is -0.132. The molecule has 4 aromatic rings. The minimum atomic E-state index is -0.345. The van der Waals surface area contributed by atoms with Crippen LogP contribution >= 0.6 is 0 Å². The van der Waals surface area contributed by atoms with Crippen LogP contribution in [-0.4, -0.2) is 58.8 Å². The molecule has 3 heterocycles. The van der Waals surface area contributed by atoms with Gasteiger partial charge < -0.3 is 19.1 Å². The summed E-state index contributed by atoms with van der Waals surface area (Å²) >= 11 is 0. The largest absolute Gasteiger partial charge is 0.495 e. The highest BCUT2D eigenvalue weighted by atomic mass is 16.5. The van der Waals surface area contributed by atoms with Gasteiger partial charge in [0.2, 0.25) is 5.91 Å². The molecule has 2 aromatic carbocycles. The third-order valence-electron chi connectivity index (χ3n) is 6.15. The van der Waals surface area contributed by atoms with Crippen molar-refractivity contribution in [3.05, 3.63) is 70.8 Å². The number of aryl methyl sites for hydroxylation is 1. The molecular weight excluding hydrogens is 434 g/mol. The summed E-state index contributed by atoms with van der Waals surface area (Å²) in [5.74, 6) is 0.683. The van der Waals surface area contributed by atoms with Gasteiger partial charge in [-0.25, -0.2) is 4.98 Å². The molecule has 34 heavy (non-hydrogen) atoms. The lowest BCUT2D eigenvalue weighted by Gasteiger charge is -2.36. The summed E-state index contributed by atoms with van der Waals surface area (Å²) < 4.78 is 12.1. The van der Waals surface area contributed by atoms with E-state index < -0.39 is 0 Å². The first-order chi connectivity index (χ1) is 16.5. The third kappa shape index (κ3) is 4.00. The monoisotopic (exact) mass is 459 g/mol. The smallest absolute Gasteiger partial charge is 0.267 e. The van der Waals surface area contributed by atoms with Crippen LogP contribution in [0.1, 0.15) is 5.56 Å². The van der Waals surface area contributed by atoms with Crippen LogP contribution in [0.25, 0.3) is 22.4 Å². The van der Waals surface area contributed by atoms with Crippen molar-refractivity contribution in [3.8, 4) is 17.0 Å². The van der Waals surface area contributed by atoms with Gasteiger partial charge >= 0.3 is 0 Å². The number of amides is 1. The molecule has 5 rings (SSSR count). The molecule has 1 aliphatic heterocycles. The van der Waals surface area contributed by atoms with Crippen molar-refractivity contribution in [1.29, 1.82) is 0 Å². The highest BCUT2D eigenvalue weighted by molar-refractivity contribution is 5.88. The summed E-state index contributed by atoms with van der Waals surface area (Å²) in [5, 5.41) is 4.33. The third-order valence-corrected chi connectivity index (χ3v) is 6.15. The number of benzene rings is 2. The van der Waals surface area contributed by atoms with Crippen molar-refractivity contribution in [3.63, 3.8) is 0 Å². The zero-order chi connectivity index (χ0) is 23.7. The van der Waals surface area contributed by atoms with Crippen molar-refractivity contribution < 1.29 is 14.1 Å². The van der Waals surface area contributed by atoms with E-state index in [1.165, 1.54) is 10.9 Å². The normalized spacial score (nSPS) is 13.9. The molecule has 9 heteroatoms. The van der Waals surface area contributed by atoms with Gasteiger partial charge in [-0.05, 0) is 19.1 Å². The van der Waals surface area contributed by atoms with E-state index in [0.29, 0.717) is 31.9 Å². The Morgan fingerprint density at radius 2 is 1.79 bits per heavy atom. The quantitative estimate of drug-likeness (QED) is 0.453. The fourth-order valence-electron chi connectivity index (χ4n) is 4.24. The summed E-state index contributed by atoms with van der Waals surface area (Å²) in [6.45, 7) is 4.38. The number of para-hydroxylation sites is 2. The summed E-state index contributed by atoms with van der Waals surface area (Å²) in [6, 6.07) is 15.5. The predicted molar refractivity (Wildman–Crippen MR) is 128 cm³/mol. The Balaban J connectivity index is 1.32. The van der Waals surface area contributed by atoms with Crippen LogP contribution < -0.4 is 15.2 Å². The minimum Gasteiger partial charge on any atom is -0.495 e. The first-order valence-corrected chi connectivity index (χ1v) is 11.1. The van der Waals surface area contributed by atoms with Crippen LogP contribution in [0.3, 0.4) is 0 Å². The fraction of sp³-hybridized carbons (Fsp3) is 0.280. The fourth-order valence-corrected chi connectivity index (χ4v) is 4.24. The van der Waals surface area contributed by atoms with E-state index in [0.717, 1.165) is 22.6 Å². The van der Waals surface area contributed by atoms with E-state index in [-0.39, 0.29) is 29.1 Å². The van der Waals surface area contributed by atoms with Gasteiger partial charge in [0, 0.05) is 31.7 Å². The molecule has 0 unspecified atom stereocenters. The number of anilines is 1. The highest BCUT2D eigenvalue weighted by Gasteiger charge is 2.24. The number of piperazine rings is 1. The molecule has 0 radical (unpaired) electrons. The molecule has 174 valence electrons. The maximum Gasteiger partial charge on any atom is 0.267 e. The topological polar surface area (TPSA) is 93.7 Å². The van der Waals surface area contributed by atoms with Crippen molar-refractivity contribution >= 4 is 22.7 Å². The van der Waals surface area contributed by atoms with Crippen molar-refractivity contribution in [2.75, 3.05) is 38.2 Å². The van der Waals surface area contributed by atoms with E-state index in [1.807, 2.05) is 55.5 Å². The summed E-state index contributed by atoms with van der Waals surface area (Å²) in [5.41, 5.74) is 3.12. The zero-order valence-corrected chi connectivity index (χ0v) is 19.1. The van der Waals surface area contributed by atoms with Crippen LogP contribution in [0.4, 0.5) is 5.69 Å². The average Bonchev–Trinajstić information content (AvgIpc) is 3.31. The molecule has 0 bridgehead atoms. The van der Waals surface area contributed by atoms with Crippen LogP contribution in [0.15, 0.2) is 64.2 Å². The Kier molecular flexibility index (Phi) is 5.75. The van der Waals surface area contributed by atoms with Gasteiger partial charge in [-0.2, -0.15) is 0 Å². The highest BCUT2D eigenvalue weighted by Crippen LogP contribution is 2.28. The second-order valence-corrected chi connectivity index (χ2v) is 8.29. The number of carbonyl (C=O) groups is 1. The lowest BCUT2D eigenvalue weighted by Crippen LogP contribution is -2.50. The minimum absolute atomic E-state index is 0.0883. The van der Waals surface area contributed by atoms with E-state index in [4.69, 9.17) is 9.26 Å². The van der Waals surface area contributed by atoms with Gasteiger partial charge in [0.05, 0.1) is 12.8 Å². The van der Waals surface area contributed by atoms with Gasteiger partial charge in [-0.15, -0.1) is 0 Å². The second kappa shape index (κ2) is 9.01. The van der Waals surface area contributed by atoms with Crippen LogP contribution in [0.2, 0.25) is 0 Å². The predicted octanol–water partition coefficient (Wildman–Crippen LogP) is 2.72. The van der Waals surface area contributed by atoms with Crippen LogP contribution in [-0.2, 0) is 11.3 Å². The van der Waals surface area contributed by atoms with Gasteiger partial charge in [-0.1, -0.05) is 47.1 Å². The summed E-state index contributed by atoms with van der Waals surface area (Å²) in [7, 11) is 1.65. The molecule has 1 aliphatic rings. The number of carbonyl (C=O) groups excluding carboxylic acids is 1. The van der Waals surface area contributed by atoms with Crippen LogP contribution in [0.5, 0.6) is 5.75 Å². The molecule has 0 atom stereocenters. The van der Waals surface area contributed by atoms with Crippen molar-refractivity contribution in [2.45, 2.75) is 13.5 Å². The Hall–Kier alpha value is -4.14. The van der Waals surface area contributed by atoms with Gasteiger partial charge in [0.1, 0.15) is 29.7 Å². The standard InChI is InChI=1S/C25H25N5O4/c1-17-7-9-18(10-8-17)23-22-24(34-27-23)26-16-30(25(22)32)15-21(31)29-13-11-28(12-14-29)19-5-3-4-6-20(19)33-2/h3-10,16H,11-15H2,1-2H3. The number of methoxy groups -OCH3 is 1. The molecule has 2 aromatic heterocycles. The van der Waals surface area contributed by atoms with Crippen molar-refractivity contribution in [1.82, 2.24) is 19.6 Å². The molecule has 0 N–H and O–H groups in total. The molecule has 1 fully saturated rings. The zero-order valence-electron chi connectivity index (χ0n) is 19.1. The average molecular weight is 460 g/mol.